The maximum atomic E-state index is 11.8. The van der Waals surface area contributed by atoms with Gasteiger partial charge in [0.05, 0.1) is 5.01 Å². The second kappa shape index (κ2) is 6.88. The number of unbranched alkanes of at least 4 members (excludes halogenated alkanes) is 1. The van der Waals surface area contributed by atoms with Crippen LogP contribution in [0.3, 0.4) is 0 Å². The van der Waals surface area contributed by atoms with Crippen LogP contribution in [0.15, 0.2) is 11.6 Å². The molecule has 1 saturated carbocycles. The lowest BCUT2D eigenvalue weighted by Gasteiger charge is -2.03. The molecule has 4 heteroatoms. The SMILES string of the molecule is CCCC[C@@H]1C[C@@H]1C(=O)NCCCc1nccs1. The van der Waals surface area contributed by atoms with Crippen molar-refractivity contribution < 1.29 is 4.79 Å². The summed E-state index contributed by atoms with van der Waals surface area (Å²) in [4.78, 5) is 16.0. The highest BCUT2D eigenvalue weighted by atomic mass is 32.1. The predicted molar refractivity (Wildman–Crippen MR) is 74.6 cm³/mol. The maximum absolute atomic E-state index is 11.8. The number of aryl methyl sites for hydroxylation is 1. The molecule has 3 nitrogen and oxygen atoms in total. The smallest absolute Gasteiger partial charge is 0.223 e. The Kier molecular flexibility index (Phi) is 5.17. The Morgan fingerprint density at radius 3 is 3.17 bits per heavy atom. The van der Waals surface area contributed by atoms with E-state index in [0.717, 1.165) is 30.8 Å². The van der Waals surface area contributed by atoms with Gasteiger partial charge in [0, 0.05) is 30.5 Å². The molecule has 1 aliphatic rings. The fourth-order valence-electron chi connectivity index (χ4n) is 2.31. The third-order valence-electron chi connectivity index (χ3n) is 3.54. The summed E-state index contributed by atoms with van der Waals surface area (Å²) >= 11 is 1.69. The number of thiazole rings is 1. The highest BCUT2D eigenvalue weighted by molar-refractivity contribution is 7.09. The van der Waals surface area contributed by atoms with Crippen molar-refractivity contribution in [2.24, 2.45) is 11.8 Å². The lowest BCUT2D eigenvalue weighted by atomic mass is 10.1. The first-order chi connectivity index (χ1) is 8.81. The fraction of sp³-hybridized carbons (Fsp3) is 0.714. The summed E-state index contributed by atoms with van der Waals surface area (Å²) in [6, 6.07) is 0. The van der Waals surface area contributed by atoms with Crippen molar-refractivity contribution in [3.05, 3.63) is 16.6 Å². The molecular weight excluding hydrogens is 244 g/mol. The number of nitrogens with one attached hydrogen (secondary N) is 1. The van der Waals surface area contributed by atoms with Crippen LogP contribution >= 0.6 is 11.3 Å². The van der Waals surface area contributed by atoms with E-state index in [0.29, 0.717) is 11.8 Å². The molecule has 18 heavy (non-hydrogen) atoms. The number of hydrogen-bond acceptors (Lipinski definition) is 3. The van der Waals surface area contributed by atoms with E-state index in [2.05, 4.69) is 17.2 Å². The van der Waals surface area contributed by atoms with Crippen molar-refractivity contribution in [1.82, 2.24) is 10.3 Å². The van der Waals surface area contributed by atoms with Gasteiger partial charge in [-0.3, -0.25) is 4.79 Å². The van der Waals surface area contributed by atoms with Gasteiger partial charge >= 0.3 is 0 Å². The number of aromatic nitrogens is 1. The van der Waals surface area contributed by atoms with Gasteiger partial charge in [0.2, 0.25) is 5.91 Å². The van der Waals surface area contributed by atoms with Gasteiger partial charge in [0.1, 0.15) is 0 Å². The fourth-order valence-corrected chi connectivity index (χ4v) is 2.98. The molecule has 0 aliphatic heterocycles. The quantitative estimate of drug-likeness (QED) is 0.735. The third kappa shape index (κ3) is 4.09. The van der Waals surface area contributed by atoms with Gasteiger partial charge in [-0.05, 0) is 25.2 Å². The van der Waals surface area contributed by atoms with Crippen LogP contribution in [0, 0.1) is 11.8 Å². The molecule has 0 bridgehead atoms. The molecular formula is C14H22N2OS. The van der Waals surface area contributed by atoms with Crippen molar-refractivity contribution in [3.63, 3.8) is 0 Å². The molecule has 1 aromatic rings. The molecule has 0 spiro atoms. The number of carbonyl (C=O) groups is 1. The van der Waals surface area contributed by atoms with Gasteiger partial charge in [-0.1, -0.05) is 19.8 Å². The Bertz CT molecular complexity index is 364. The molecule has 0 saturated heterocycles. The first kappa shape index (κ1) is 13.5. The topological polar surface area (TPSA) is 42.0 Å². The molecule has 1 fully saturated rings. The summed E-state index contributed by atoms with van der Waals surface area (Å²) in [6.45, 7) is 2.99. The van der Waals surface area contributed by atoms with E-state index in [1.54, 1.807) is 11.3 Å². The van der Waals surface area contributed by atoms with Crippen LogP contribution in [-0.4, -0.2) is 17.4 Å². The molecule has 2 atom stereocenters. The molecule has 0 radical (unpaired) electrons. The molecule has 1 heterocycles. The zero-order chi connectivity index (χ0) is 12.8. The second-order valence-electron chi connectivity index (χ2n) is 5.06. The van der Waals surface area contributed by atoms with Crippen LogP contribution in [0.2, 0.25) is 0 Å². The van der Waals surface area contributed by atoms with Crippen LogP contribution in [0.1, 0.15) is 44.0 Å². The molecule has 1 aromatic heterocycles. The van der Waals surface area contributed by atoms with Gasteiger partial charge in [0.15, 0.2) is 0 Å². The minimum absolute atomic E-state index is 0.273. The average Bonchev–Trinajstić information content (AvgIpc) is 2.97. The van der Waals surface area contributed by atoms with E-state index in [9.17, 15) is 4.79 Å². The van der Waals surface area contributed by atoms with Gasteiger partial charge in [0.25, 0.3) is 0 Å². The van der Waals surface area contributed by atoms with E-state index in [4.69, 9.17) is 0 Å². The summed E-state index contributed by atoms with van der Waals surface area (Å²) in [5, 5.41) is 6.21. The predicted octanol–water partition coefficient (Wildman–Crippen LogP) is 3.02. The Morgan fingerprint density at radius 1 is 1.56 bits per heavy atom. The van der Waals surface area contributed by atoms with Crippen LogP contribution in [0.5, 0.6) is 0 Å². The van der Waals surface area contributed by atoms with E-state index in [-0.39, 0.29) is 5.91 Å². The third-order valence-corrected chi connectivity index (χ3v) is 4.38. The Morgan fingerprint density at radius 2 is 2.44 bits per heavy atom. The molecule has 1 amide bonds. The number of rotatable bonds is 8. The summed E-state index contributed by atoms with van der Waals surface area (Å²) in [7, 11) is 0. The summed E-state index contributed by atoms with van der Waals surface area (Å²) in [6.07, 6.45) is 8.64. The second-order valence-corrected chi connectivity index (χ2v) is 6.04. The van der Waals surface area contributed by atoms with Crippen molar-refractivity contribution in [2.75, 3.05) is 6.54 Å². The van der Waals surface area contributed by atoms with E-state index >= 15 is 0 Å². The lowest BCUT2D eigenvalue weighted by Crippen LogP contribution is -2.26. The minimum Gasteiger partial charge on any atom is -0.356 e. The number of nitrogens with zero attached hydrogens (tertiary/aromatic N) is 1. The van der Waals surface area contributed by atoms with Gasteiger partial charge in [-0.15, -0.1) is 11.3 Å². The van der Waals surface area contributed by atoms with Gasteiger partial charge in [-0.2, -0.15) is 0 Å². The zero-order valence-electron chi connectivity index (χ0n) is 11.0. The highest BCUT2D eigenvalue weighted by Crippen LogP contribution is 2.42. The Balaban J connectivity index is 1.53. The molecule has 100 valence electrons. The molecule has 1 aliphatic carbocycles. The Labute approximate surface area is 113 Å². The van der Waals surface area contributed by atoms with Crippen LogP contribution in [-0.2, 0) is 11.2 Å². The summed E-state index contributed by atoms with van der Waals surface area (Å²) in [5.74, 6) is 1.26. The lowest BCUT2D eigenvalue weighted by molar-refractivity contribution is -0.122. The van der Waals surface area contributed by atoms with Crippen molar-refractivity contribution >= 4 is 17.2 Å². The Hall–Kier alpha value is -0.900. The van der Waals surface area contributed by atoms with Crippen molar-refractivity contribution in [3.8, 4) is 0 Å². The molecule has 0 unspecified atom stereocenters. The van der Waals surface area contributed by atoms with Gasteiger partial charge in [-0.25, -0.2) is 4.98 Å². The first-order valence-corrected chi connectivity index (χ1v) is 7.85. The highest BCUT2D eigenvalue weighted by Gasteiger charge is 2.41. The monoisotopic (exact) mass is 266 g/mol. The van der Waals surface area contributed by atoms with E-state index in [1.807, 2.05) is 11.6 Å². The average molecular weight is 266 g/mol. The van der Waals surface area contributed by atoms with Crippen molar-refractivity contribution in [1.29, 1.82) is 0 Å². The molecule has 0 aromatic carbocycles. The number of amides is 1. The summed E-state index contributed by atoms with van der Waals surface area (Å²) in [5.41, 5.74) is 0. The molecule has 1 N–H and O–H groups in total. The van der Waals surface area contributed by atoms with Crippen molar-refractivity contribution in [2.45, 2.75) is 45.4 Å². The standard InChI is InChI=1S/C14H22N2OS/c1-2-3-5-11-10-12(11)14(17)16-7-4-6-13-15-8-9-18-13/h8-9,11-12H,2-7,10H2,1H3,(H,16,17)/t11-,12+/m1/s1. The number of hydrogen-bond donors (Lipinski definition) is 1. The first-order valence-electron chi connectivity index (χ1n) is 6.97. The van der Waals surface area contributed by atoms with Crippen LogP contribution in [0.4, 0.5) is 0 Å². The largest absolute Gasteiger partial charge is 0.356 e. The van der Waals surface area contributed by atoms with Crippen LogP contribution in [0.25, 0.3) is 0 Å². The maximum Gasteiger partial charge on any atom is 0.223 e. The zero-order valence-corrected chi connectivity index (χ0v) is 11.8. The molecule has 2 rings (SSSR count). The van der Waals surface area contributed by atoms with Crippen LogP contribution < -0.4 is 5.32 Å². The van der Waals surface area contributed by atoms with E-state index in [1.165, 1.54) is 19.3 Å². The normalized spacial score (nSPS) is 21.8. The van der Waals surface area contributed by atoms with Gasteiger partial charge < -0.3 is 5.32 Å². The number of carbonyl (C=O) groups excluding carboxylic acids is 1. The minimum atomic E-state index is 0.273. The van der Waals surface area contributed by atoms with E-state index < -0.39 is 0 Å². The summed E-state index contributed by atoms with van der Waals surface area (Å²) < 4.78 is 0.